The number of pyridine rings is 2. The Morgan fingerprint density at radius 2 is 1.82 bits per heavy atom. The van der Waals surface area contributed by atoms with Crippen molar-refractivity contribution in [2.24, 2.45) is 10.8 Å². The van der Waals surface area contributed by atoms with Crippen molar-refractivity contribution in [3.05, 3.63) is 30.5 Å². The lowest BCUT2D eigenvalue weighted by molar-refractivity contribution is -0.162. The Labute approximate surface area is 223 Å². The number of rotatable bonds is 8. The molecule has 2 N–H and O–H groups in total. The fraction of sp³-hybridized carbons (Fsp3) is 0.586. The van der Waals surface area contributed by atoms with Crippen LogP contribution in [0.1, 0.15) is 65.2 Å². The number of aromatic amines is 1. The van der Waals surface area contributed by atoms with E-state index in [1.165, 1.54) is 0 Å². The molecule has 1 aliphatic heterocycles. The molecule has 202 valence electrons. The van der Waals surface area contributed by atoms with Crippen molar-refractivity contribution in [3.63, 3.8) is 0 Å². The van der Waals surface area contributed by atoms with Crippen LogP contribution in [0.25, 0.3) is 22.6 Å². The van der Waals surface area contributed by atoms with Crippen molar-refractivity contribution in [2.75, 3.05) is 24.6 Å². The number of carboxylic acids is 1. The second-order valence-electron chi connectivity index (χ2n) is 11.8. The highest BCUT2D eigenvalue weighted by Gasteiger charge is 2.52. The van der Waals surface area contributed by atoms with Gasteiger partial charge in [-0.1, -0.05) is 0 Å². The van der Waals surface area contributed by atoms with Crippen molar-refractivity contribution in [2.45, 2.75) is 77.4 Å². The average Bonchev–Trinajstić information content (AvgIpc) is 3.36. The van der Waals surface area contributed by atoms with Gasteiger partial charge in [-0.05, 0) is 88.8 Å². The van der Waals surface area contributed by atoms with Crippen LogP contribution in [0, 0.1) is 10.8 Å². The normalized spacial score (nSPS) is 25.8. The van der Waals surface area contributed by atoms with Crippen LogP contribution in [-0.2, 0) is 9.53 Å². The van der Waals surface area contributed by atoms with E-state index in [1.54, 1.807) is 0 Å². The fourth-order valence-corrected chi connectivity index (χ4v) is 6.38. The summed E-state index contributed by atoms with van der Waals surface area (Å²) in [5, 5.41) is 9.63. The number of imidazole rings is 1. The van der Waals surface area contributed by atoms with Crippen LogP contribution in [0.5, 0.6) is 5.88 Å². The molecular formula is C29H37N5O4. The molecule has 0 aromatic carbocycles. The quantitative estimate of drug-likeness (QED) is 0.417. The number of nitrogens with zero attached hydrogens (tertiary/aromatic N) is 4. The first-order valence-corrected chi connectivity index (χ1v) is 13.9. The summed E-state index contributed by atoms with van der Waals surface area (Å²) >= 11 is 0. The van der Waals surface area contributed by atoms with Gasteiger partial charge in [0.25, 0.3) is 0 Å². The van der Waals surface area contributed by atoms with E-state index in [1.807, 2.05) is 32.2 Å². The van der Waals surface area contributed by atoms with E-state index in [2.05, 4.69) is 32.0 Å². The first-order valence-electron chi connectivity index (χ1n) is 13.9. The van der Waals surface area contributed by atoms with Gasteiger partial charge in [-0.2, -0.15) is 4.98 Å². The number of fused-ring (bicyclic) bond motifs is 4. The largest absolute Gasteiger partial charge is 0.481 e. The molecule has 3 aromatic rings. The molecule has 0 unspecified atom stereocenters. The number of ether oxygens (including phenoxy) is 2. The van der Waals surface area contributed by atoms with Gasteiger partial charge >= 0.3 is 5.97 Å². The summed E-state index contributed by atoms with van der Waals surface area (Å²) in [6, 6.07) is 7.90. The van der Waals surface area contributed by atoms with Crippen LogP contribution < -0.4 is 9.64 Å². The maximum absolute atomic E-state index is 11.7. The Kier molecular flexibility index (Phi) is 6.50. The minimum atomic E-state index is -0.596. The van der Waals surface area contributed by atoms with Crippen LogP contribution in [0.2, 0.25) is 0 Å². The number of anilines is 1. The summed E-state index contributed by atoms with van der Waals surface area (Å²) in [5.41, 5.74) is 2.16. The molecule has 9 heteroatoms. The Morgan fingerprint density at radius 3 is 2.45 bits per heavy atom. The molecule has 0 amide bonds. The van der Waals surface area contributed by atoms with Gasteiger partial charge in [0.1, 0.15) is 11.6 Å². The van der Waals surface area contributed by atoms with Crippen LogP contribution in [0.4, 0.5) is 5.82 Å². The summed E-state index contributed by atoms with van der Waals surface area (Å²) in [7, 11) is 0. The van der Waals surface area contributed by atoms with Gasteiger partial charge in [0.05, 0.1) is 29.7 Å². The Bertz CT molecular complexity index is 1270. The molecule has 4 aliphatic rings. The van der Waals surface area contributed by atoms with E-state index in [9.17, 15) is 9.90 Å². The number of aliphatic carboxylic acids is 1. The third-order valence-corrected chi connectivity index (χ3v) is 8.94. The predicted molar refractivity (Wildman–Crippen MR) is 144 cm³/mol. The molecular weight excluding hydrogens is 482 g/mol. The molecule has 3 aliphatic carbocycles. The molecule has 9 nitrogen and oxygen atoms in total. The van der Waals surface area contributed by atoms with Crippen LogP contribution in [0.3, 0.4) is 0 Å². The monoisotopic (exact) mass is 519 g/mol. The third-order valence-electron chi connectivity index (χ3n) is 8.94. The Hall–Kier alpha value is -3.20. The van der Waals surface area contributed by atoms with Gasteiger partial charge in [0.15, 0.2) is 5.65 Å². The average molecular weight is 520 g/mol. The first kappa shape index (κ1) is 25.1. The van der Waals surface area contributed by atoms with E-state index in [0.29, 0.717) is 11.5 Å². The lowest BCUT2D eigenvalue weighted by Crippen LogP contribution is -2.48. The highest BCUT2D eigenvalue weighted by atomic mass is 16.5. The summed E-state index contributed by atoms with van der Waals surface area (Å²) < 4.78 is 12.1. The molecule has 0 spiro atoms. The van der Waals surface area contributed by atoms with Crippen molar-refractivity contribution in [1.82, 2.24) is 19.9 Å². The Balaban J connectivity index is 1.02. The van der Waals surface area contributed by atoms with Crippen molar-refractivity contribution in [1.29, 1.82) is 0 Å². The standard InChI is InChI=1S/C29H37N5O4/c1-19(2)38-24-6-4-22-26(32-24)33-25(31-22)20-3-5-23(30-17-20)34-15-7-21(8-16-34)37-18-28-9-12-29(13-10-28,14-11-28)27(35)36/h3-6,17,19,21H,7-16,18H2,1-2H3,(H,35,36)(H,31,32,33). The minimum Gasteiger partial charge on any atom is -0.481 e. The number of hydrogen-bond acceptors (Lipinski definition) is 7. The smallest absolute Gasteiger partial charge is 0.309 e. The summed E-state index contributed by atoms with van der Waals surface area (Å²) in [6.07, 6.45) is 9.55. The van der Waals surface area contributed by atoms with E-state index in [0.717, 1.165) is 93.8 Å². The molecule has 3 aromatic heterocycles. The zero-order valence-electron chi connectivity index (χ0n) is 22.3. The third kappa shape index (κ3) is 4.84. The highest BCUT2D eigenvalue weighted by molar-refractivity contribution is 5.76. The fourth-order valence-electron chi connectivity index (χ4n) is 6.38. The van der Waals surface area contributed by atoms with Crippen molar-refractivity contribution < 1.29 is 19.4 Å². The number of carboxylic acid groups (broad SMARTS) is 1. The number of carbonyl (C=O) groups is 1. The van der Waals surface area contributed by atoms with E-state index < -0.39 is 11.4 Å². The molecule has 0 atom stereocenters. The number of piperidine rings is 1. The van der Waals surface area contributed by atoms with Crippen LogP contribution in [-0.4, -0.2) is 62.9 Å². The molecule has 4 fully saturated rings. The number of H-pyrrole nitrogens is 1. The van der Waals surface area contributed by atoms with Gasteiger partial charge in [-0.15, -0.1) is 0 Å². The summed E-state index contributed by atoms with van der Waals surface area (Å²) in [4.78, 5) is 31.2. The van der Waals surface area contributed by atoms with Gasteiger partial charge in [0, 0.05) is 30.9 Å². The zero-order valence-corrected chi connectivity index (χ0v) is 22.3. The van der Waals surface area contributed by atoms with Crippen LogP contribution >= 0.6 is 0 Å². The molecule has 0 radical (unpaired) electrons. The molecule has 4 heterocycles. The lowest BCUT2D eigenvalue weighted by Gasteiger charge is -2.51. The molecule has 38 heavy (non-hydrogen) atoms. The molecule has 2 bridgehead atoms. The zero-order chi connectivity index (χ0) is 26.3. The molecule has 7 rings (SSSR count). The molecule has 3 saturated carbocycles. The van der Waals surface area contributed by atoms with E-state index >= 15 is 0 Å². The van der Waals surface area contributed by atoms with Gasteiger partial charge < -0.3 is 24.5 Å². The number of nitrogens with one attached hydrogen (secondary N) is 1. The van der Waals surface area contributed by atoms with E-state index in [-0.39, 0.29) is 17.6 Å². The highest BCUT2D eigenvalue weighted by Crippen LogP contribution is 2.57. The summed E-state index contributed by atoms with van der Waals surface area (Å²) in [5.74, 6) is 1.69. The van der Waals surface area contributed by atoms with Crippen LogP contribution in [0.15, 0.2) is 30.5 Å². The van der Waals surface area contributed by atoms with Gasteiger partial charge in [0.2, 0.25) is 5.88 Å². The maximum atomic E-state index is 11.7. The maximum Gasteiger partial charge on any atom is 0.309 e. The molecule has 1 saturated heterocycles. The summed E-state index contributed by atoms with van der Waals surface area (Å²) in [6.45, 7) is 6.56. The number of hydrogen-bond donors (Lipinski definition) is 2. The van der Waals surface area contributed by atoms with Crippen molar-refractivity contribution in [3.8, 4) is 17.3 Å². The SMILES string of the molecule is CC(C)Oc1ccc2[nH]c(-c3ccc(N4CCC(OCC56CCC(C(=O)O)(CC5)CC6)CC4)nc3)nc2n1. The topological polar surface area (TPSA) is 113 Å². The van der Waals surface area contributed by atoms with E-state index in [4.69, 9.17) is 14.5 Å². The van der Waals surface area contributed by atoms with Gasteiger partial charge in [-0.25, -0.2) is 9.97 Å². The van der Waals surface area contributed by atoms with Gasteiger partial charge in [-0.3, -0.25) is 4.79 Å². The first-order chi connectivity index (χ1) is 18.3. The second kappa shape index (κ2) is 9.84. The second-order valence-corrected chi connectivity index (χ2v) is 11.8. The van der Waals surface area contributed by atoms with Crippen molar-refractivity contribution >= 4 is 23.0 Å². The lowest BCUT2D eigenvalue weighted by atomic mass is 9.54. The Morgan fingerprint density at radius 1 is 1.08 bits per heavy atom. The number of aromatic nitrogens is 4. The minimum absolute atomic E-state index is 0.0618. The predicted octanol–water partition coefficient (Wildman–Crippen LogP) is 5.22.